The summed E-state index contributed by atoms with van der Waals surface area (Å²) in [6.07, 6.45) is 0. The first-order valence-corrected chi connectivity index (χ1v) is 12.8. The van der Waals surface area contributed by atoms with Crippen molar-refractivity contribution in [2.45, 2.75) is 26.3 Å². The third-order valence-electron chi connectivity index (χ3n) is 5.82. The molecule has 0 bridgehead atoms. The van der Waals surface area contributed by atoms with Gasteiger partial charge in [0, 0.05) is 16.7 Å². The van der Waals surface area contributed by atoms with E-state index >= 15 is 0 Å². The summed E-state index contributed by atoms with van der Waals surface area (Å²) in [5.74, 6) is -2.22. The van der Waals surface area contributed by atoms with Crippen LogP contribution in [0.15, 0.2) is 56.5 Å². The molecule has 2 aliphatic rings. The predicted octanol–water partition coefficient (Wildman–Crippen LogP) is 5.65. The van der Waals surface area contributed by atoms with Gasteiger partial charge in [0.15, 0.2) is 0 Å². The van der Waals surface area contributed by atoms with Crippen molar-refractivity contribution in [1.29, 1.82) is 0 Å². The molecule has 0 saturated heterocycles. The van der Waals surface area contributed by atoms with Gasteiger partial charge in [-0.3, -0.25) is 9.69 Å². The number of thioether (sulfide) groups is 2. The van der Waals surface area contributed by atoms with Crippen LogP contribution in [-0.2, 0) is 19.1 Å². The van der Waals surface area contributed by atoms with E-state index in [-0.39, 0.29) is 15.4 Å². The number of anilines is 1. The summed E-state index contributed by atoms with van der Waals surface area (Å²) in [5, 5.41) is 0. The molecule has 0 unspecified atom stereocenters. The molecule has 2 heterocycles. The highest BCUT2D eigenvalue weighted by Gasteiger charge is 2.46. The number of fused-ring (bicyclic) bond motifs is 1. The fourth-order valence-electron chi connectivity index (χ4n) is 4.05. The molecule has 0 N–H and O–H groups in total. The van der Waals surface area contributed by atoms with Crippen molar-refractivity contribution in [3.63, 3.8) is 0 Å². The van der Waals surface area contributed by atoms with Crippen LogP contribution >= 0.6 is 35.7 Å². The highest BCUT2D eigenvalue weighted by Crippen LogP contribution is 2.56. The van der Waals surface area contributed by atoms with E-state index in [0.29, 0.717) is 25.9 Å². The van der Waals surface area contributed by atoms with E-state index < -0.39 is 29.2 Å². The third kappa shape index (κ3) is 4.38. The predicted molar refractivity (Wildman–Crippen MR) is 144 cm³/mol. The summed E-state index contributed by atoms with van der Waals surface area (Å²) in [6.45, 7) is 5.54. The molecule has 0 aliphatic carbocycles. The number of esters is 2. The number of ether oxygens (including phenoxy) is 2. The maximum Gasteiger partial charge on any atom is 0.346 e. The van der Waals surface area contributed by atoms with Crippen LogP contribution in [0.25, 0.3) is 5.57 Å². The highest BCUT2D eigenvalue weighted by molar-refractivity contribution is 8.29. The van der Waals surface area contributed by atoms with Crippen molar-refractivity contribution < 1.29 is 28.2 Å². The van der Waals surface area contributed by atoms with Crippen molar-refractivity contribution in [2.24, 2.45) is 0 Å². The quantitative estimate of drug-likeness (QED) is 0.279. The lowest BCUT2D eigenvalue weighted by atomic mass is 9.82. The number of hydrogen-bond acceptors (Lipinski definition) is 8. The van der Waals surface area contributed by atoms with Crippen LogP contribution in [-0.4, -0.2) is 42.5 Å². The van der Waals surface area contributed by atoms with Crippen molar-refractivity contribution in [3.8, 4) is 0 Å². The van der Waals surface area contributed by atoms with Gasteiger partial charge in [-0.15, -0.1) is 0 Å². The minimum Gasteiger partial charge on any atom is -0.465 e. The number of carbonyl (C=O) groups is 3. The number of thiocarbonyl (C=S) groups is 1. The highest BCUT2D eigenvalue weighted by atomic mass is 32.2. The molecule has 10 heteroatoms. The molecular formula is C26H22FNO5S3. The summed E-state index contributed by atoms with van der Waals surface area (Å²) in [6, 6.07) is 11.1. The van der Waals surface area contributed by atoms with E-state index in [9.17, 15) is 18.8 Å². The Morgan fingerprint density at radius 3 is 2.14 bits per heavy atom. The van der Waals surface area contributed by atoms with Crippen molar-refractivity contribution in [2.75, 3.05) is 19.1 Å². The molecule has 186 valence electrons. The molecule has 0 radical (unpaired) electrons. The fraction of sp³-hybridized carbons (Fsp3) is 0.231. The van der Waals surface area contributed by atoms with E-state index in [1.165, 1.54) is 32.4 Å². The molecule has 1 amide bonds. The number of methoxy groups -OCH3 is 2. The normalized spacial score (nSPS) is 16.7. The zero-order valence-corrected chi connectivity index (χ0v) is 22.6. The van der Waals surface area contributed by atoms with E-state index in [1.807, 2.05) is 39.0 Å². The Morgan fingerprint density at radius 1 is 0.972 bits per heavy atom. The van der Waals surface area contributed by atoms with Gasteiger partial charge in [-0.1, -0.05) is 53.4 Å². The number of benzene rings is 2. The van der Waals surface area contributed by atoms with Crippen LogP contribution < -0.4 is 4.90 Å². The molecule has 0 spiro atoms. The Labute approximate surface area is 221 Å². The Hall–Kier alpha value is -2.95. The zero-order valence-electron chi connectivity index (χ0n) is 20.1. The van der Waals surface area contributed by atoms with Crippen LogP contribution in [0.5, 0.6) is 0 Å². The zero-order chi connectivity index (χ0) is 26.4. The van der Waals surface area contributed by atoms with Crippen molar-refractivity contribution in [3.05, 3.63) is 79.0 Å². The molecule has 2 aromatic rings. The average Bonchev–Trinajstić information content (AvgIpc) is 3.28. The number of rotatable bonds is 3. The molecule has 0 atom stereocenters. The van der Waals surface area contributed by atoms with Gasteiger partial charge in [-0.05, 0) is 51.1 Å². The number of hydrogen-bond donors (Lipinski definition) is 0. The van der Waals surface area contributed by atoms with Gasteiger partial charge in [0.25, 0.3) is 5.91 Å². The van der Waals surface area contributed by atoms with Crippen molar-refractivity contribution in [1.82, 2.24) is 0 Å². The molecule has 0 fully saturated rings. The molecule has 2 aliphatic heterocycles. The van der Waals surface area contributed by atoms with E-state index in [4.69, 9.17) is 21.7 Å². The summed E-state index contributed by atoms with van der Waals surface area (Å²) in [7, 11) is 2.48. The molecular weight excluding hydrogens is 521 g/mol. The number of aryl methyl sites for hydroxylation is 1. The Morgan fingerprint density at radius 2 is 1.58 bits per heavy atom. The Kier molecular flexibility index (Phi) is 7.14. The second-order valence-corrected chi connectivity index (χ2v) is 11.3. The largest absolute Gasteiger partial charge is 0.465 e. The average molecular weight is 544 g/mol. The number of carbonyl (C=O) groups excluding carboxylic acids is 3. The summed E-state index contributed by atoms with van der Waals surface area (Å²) in [4.78, 5) is 40.8. The van der Waals surface area contributed by atoms with Crippen molar-refractivity contribution >= 4 is 69.7 Å². The van der Waals surface area contributed by atoms with Gasteiger partial charge in [-0.2, -0.15) is 0 Å². The SMILES string of the molecule is COC(=O)C1=C(C(=O)OC)SC(=C2C(=S)C(C)(C)N(C(=O)c3cccc(F)c3)c3ccc(C)cc32)S1. The monoisotopic (exact) mass is 543 g/mol. The Balaban J connectivity index is 1.92. The van der Waals surface area contributed by atoms with Crippen LogP contribution in [0.4, 0.5) is 10.1 Å². The molecule has 2 aromatic carbocycles. The number of amides is 1. The standard InChI is InChI=1S/C26H22FNO5S3/c1-13-9-10-17-16(11-13)18(25-35-19(23(30)32-4)20(36-25)24(31)33-5)21(34)26(2,3)28(17)22(29)14-7-6-8-15(27)12-14/h6-12H,1-5H3. The third-order valence-corrected chi connectivity index (χ3v) is 9.08. The summed E-state index contributed by atoms with van der Waals surface area (Å²) >= 11 is 8.13. The number of nitrogens with zero attached hydrogens (tertiary/aromatic N) is 1. The lowest BCUT2D eigenvalue weighted by molar-refractivity contribution is -0.138. The van der Waals surface area contributed by atoms with Crippen LogP contribution in [0, 0.1) is 12.7 Å². The lowest BCUT2D eigenvalue weighted by Crippen LogP contribution is -2.56. The minimum absolute atomic E-state index is 0.116. The van der Waals surface area contributed by atoms with E-state index in [0.717, 1.165) is 29.1 Å². The van der Waals surface area contributed by atoms with Gasteiger partial charge in [0.1, 0.15) is 15.6 Å². The number of halogens is 1. The molecule has 6 nitrogen and oxygen atoms in total. The smallest absolute Gasteiger partial charge is 0.346 e. The first kappa shape index (κ1) is 26.1. The van der Waals surface area contributed by atoms with Gasteiger partial charge in [0.2, 0.25) is 0 Å². The maximum absolute atomic E-state index is 14.0. The van der Waals surface area contributed by atoms with E-state index in [2.05, 4.69) is 0 Å². The first-order chi connectivity index (χ1) is 17.0. The second kappa shape index (κ2) is 9.84. The van der Waals surface area contributed by atoms with Crippen LogP contribution in [0.1, 0.15) is 35.3 Å². The van der Waals surface area contributed by atoms with Gasteiger partial charge < -0.3 is 9.47 Å². The van der Waals surface area contributed by atoms with Gasteiger partial charge in [-0.25, -0.2) is 14.0 Å². The molecule has 36 heavy (non-hydrogen) atoms. The minimum atomic E-state index is -0.996. The Bertz CT molecular complexity index is 1370. The van der Waals surface area contributed by atoms with Gasteiger partial charge >= 0.3 is 11.9 Å². The topological polar surface area (TPSA) is 72.9 Å². The molecule has 4 rings (SSSR count). The molecule has 0 aromatic heterocycles. The summed E-state index contributed by atoms with van der Waals surface area (Å²) in [5.41, 5.74) is 2.03. The maximum atomic E-state index is 14.0. The first-order valence-electron chi connectivity index (χ1n) is 10.8. The van der Waals surface area contributed by atoms with Gasteiger partial charge in [0.05, 0.1) is 34.5 Å². The summed E-state index contributed by atoms with van der Waals surface area (Å²) < 4.78 is 24.3. The van der Waals surface area contributed by atoms with E-state index in [1.54, 1.807) is 11.0 Å². The second-order valence-electron chi connectivity index (χ2n) is 8.57. The lowest BCUT2D eigenvalue weighted by Gasteiger charge is -2.45. The fourth-order valence-corrected chi connectivity index (χ4v) is 7.08. The molecule has 0 saturated carbocycles. The van der Waals surface area contributed by atoms with Crippen LogP contribution in [0.3, 0.4) is 0 Å². The van der Waals surface area contributed by atoms with Crippen LogP contribution in [0.2, 0.25) is 0 Å².